The van der Waals surface area contributed by atoms with Gasteiger partial charge in [-0.05, 0) is 56.3 Å². The van der Waals surface area contributed by atoms with E-state index in [2.05, 4.69) is 4.98 Å². The second-order valence-electron chi connectivity index (χ2n) is 7.47. The molecule has 32 heavy (non-hydrogen) atoms. The number of pyridine rings is 1. The van der Waals surface area contributed by atoms with Gasteiger partial charge in [0.25, 0.3) is 0 Å². The number of benzene rings is 2. The van der Waals surface area contributed by atoms with E-state index in [1.807, 2.05) is 13.8 Å². The third-order valence-electron chi connectivity index (χ3n) is 4.89. The van der Waals surface area contributed by atoms with Gasteiger partial charge < -0.3 is 14.4 Å². The smallest absolute Gasteiger partial charge is 0.417 e. The molecule has 2 aromatic carbocycles. The number of halogens is 3. The van der Waals surface area contributed by atoms with Crippen LogP contribution in [0.15, 0.2) is 66.9 Å². The number of aromatic carboxylic acids is 1. The zero-order valence-electron chi connectivity index (χ0n) is 17.2. The molecule has 1 N–H and O–H groups in total. The van der Waals surface area contributed by atoms with E-state index in [0.717, 1.165) is 6.07 Å². The van der Waals surface area contributed by atoms with Crippen LogP contribution in [-0.2, 0) is 6.18 Å². The molecule has 4 rings (SSSR count). The van der Waals surface area contributed by atoms with Crippen LogP contribution in [-0.4, -0.2) is 26.7 Å². The van der Waals surface area contributed by atoms with Gasteiger partial charge >= 0.3 is 12.1 Å². The van der Waals surface area contributed by atoms with Crippen molar-refractivity contribution in [2.24, 2.45) is 0 Å². The number of carboxylic acid groups (broad SMARTS) is 1. The first kappa shape index (κ1) is 21.4. The number of alkyl halides is 3. The fourth-order valence-electron chi connectivity index (χ4n) is 3.63. The lowest BCUT2D eigenvalue weighted by Crippen LogP contribution is -2.09. The van der Waals surface area contributed by atoms with Crippen molar-refractivity contribution in [1.29, 1.82) is 0 Å². The fourth-order valence-corrected chi connectivity index (χ4v) is 3.63. The highest BCUT2D eigenvalue weighted by molar-refractivity contribution is 6.08. The number of hydrogen-bond donors (Lipinski definition) is 1. The van der Waals surface area contributed by atoms with Crippen LogP contribution in [0.3, 0.4) is 0 Å². The minimum atomic E-state index is -4.53. The summed E-state index contributed by atoms with van der Waals surface area (Å²) in [4.78, 5) is 16.3. The summed E-state index contributed by atoms with van der Waals surface area (Å²) >= 11 is 0. The minimum Gasteiger partial charge on any atom is -0.491 e. The first-order valence-corrected chi connectivity index (χ1v) is 9.84. The topological polar surface area (TPSA) is 64.3 Å². The Labute approximate surface area is 181 Å². The average molecular weight is 440 g/mol. The molecule has 0 aliphatic heterocycles. The van der Waals surface area contributed by atoms with E-state index >= 15 is 0 Å². The van der Waals surface area contributed by atoms with E-state index in [1.54, 1.807) is 53.1 Å². The molecule has 0 aliphatic carbocycles. The van der Waals surface area contributed by atoms with E-state index in [9.17, 15) is 23.1 Å². The molecule has 2 aromatic heterocycles. The van der Waals surface area contributed by atoms with Gasteiger partial charge in [0, 0.05) is 22.8 Å². The van der Waals surface area contributed by atoms with E-state index < -0.39 is 17.7 Å². The highest BCUT2D eigenvalue weighted by Crippen LogP contribution is 2.37. The summed E-state index contributed by atoms with van der Waals surface area (Å²) in [6, 6.07) is 16.0. The van der Waals surface area contributed by atoms with E-state index in [0.29, 0.717) is 28.5 Å². The molecule has 2 heterocycles. The molecule has 0 saturated carbocycles. The Morgan fingerprint density at radius 2 is 1.72 bits per heavy atom. The number of carboxylic acids is 1. The second-order valence-corrected chi connectivity index (χ2v) is 7.47. The zero-order valence-corrected chi connectivity index (χ0v) is 17.2. The van der Waals surface area contributed by atoms with Gasteiger partial charge in [-0.15, -0.1) is 0 Å². The standard InChI is InChI=1S/C24H19F3N2O3/c1-14(2)32-17-10-8-16(9-11-17)29-20-6-4-3-5-18(20)21(22(29)23(30)31)19-12-7-15(13-28-19)24(25,26)27/h3-14H,1-2H3,(H,30,31). The van der Waals surface area contributed by atoms with Gasteiger partial charge in [0.2, 0.25) is 0 Å². The zero-order chi connectivity index (χ0) is 23.0. The first-order chi connectivity index (χ1) is 15.2. The SMILES string of the molecule is CC(C)Oc1ccc(-n2c(C(=O)O)c(-c3ccc(C(F)(F)F)cn3)c3ccccc32)cc1. The normalized spacial score (nSPS) is 11.8. The number of ether oxygens (including phenoxy) is 1. The third kappa shape index (κ3) is 3.91. The quantitative estimate of drug-likeness (QED) is 0.402. The Morgan fingerprint density at radius 3 is 2.28 bits per heavy atom. The van der Waals surface area contributed by atoms with Crippen molar-refractivity contribution < 1.29 is 27.8 Å². The number of fused-ring (bicyclic) bond motifs is 1. The number of hydrogen-bond acceptors (Lipinski definition) is 3. The Kier molecular flexibility index (Phi) is 5.38. The van der Waals surface area contributed by atoms with Crippen LogP contribution >= 0.6 is 0 Å². The summed E-state index contributed by atoms with van der Waals surface area (Å²) in [7, 11) is 0. The monoisotopic (exact) mass is 440 g/mol. The molecule has 5 nitrogen and oxygen atoms in total. The average Bonchev–Trinajstić information content (AvgIpc) is 3.09. The highest BCUT2D eigenvalue weighted by atomic mass is 19.4. The van der Waals surface area contributed by atoms with Crippen LogP contribution in [0, 0.1) is 0 Å². The number of rotatable bonds is 5. The van der Waals surface area contributed by atoms with Crippen LogP contribution in [0.25, 0.3) is 27.8 Å². The highest BCUT2D eigenvalue weighted by Gasteiger charge is 2.31. The van der Waals surface area contributed by atoms with E-state index in [1.165, 1.54) is 6.07 Å². The summed E-state index contributed by atoms with van der Waals surface area (Å²) < 4.78 is 46.1. The Bertz CT molecular complexity index is 1280. The molecule has 0 bridgehead atoms. The van der Waals surface area contributed by atoms with Crippen molar-refractivity contribution in [3.05, 3.63) is 78.1 Å². The summed E-state index contributed by atoms with van der Waals surface area (Å²) in [5.74, 6) is -0.581. The van der Waals surface area contributed by atoms with Gasteiger partial charge in [-0.1, -0.05) is 18.2 Å². The third-order valence-corrected chi connectivity index (χ3v) is 4.89. The molecule has 0 unspecified atom stereocenters. The van der Waals surface area contributed by atoms with Crippen LogP contribution in [0.1, 0.15) is 29.9 Å². The lowest BCUT2D eigenvalue weighted by atomic mass is 10.1. The van der Waals surface area contributed by atoms with Crippen molar-refractivity contribution in [3.8, 4) is 22.7 Å². The predicted octanol–water partition coefficient (Wildman–Crippen LogP) is 6.20. The largest absolute Gasteiger partial charge is 0.491 e. The molecule has 0 spiro atoms. The van der Waals surface area contributed by atoms with E-state index in [4.69, 9.17) is 4.74 Å². The lowest BCUT2D eigenvalue weighted by molar-refractivity contribution is -0.137. The molecule has 0 amide bonds. The van der Waals surface area contributed by atoms with Crippen molar-refractivity contribution in [2.45, 2.75) is 26.1 Å². The molecule has 4 aromatic rings. The van der Waals surface area contributed by atoms with Gasteiger partial charge in [0.15, 0.2) is 0 Å². The molecule has 0 aliphatic rings. The predicted molar refractivity (Wildman–Crippen MR) is 114 cm³/mol. The Morgan fingerprint density at radius 1 is 1.03 bits per heavy atom. The summed E-state index contributed by atoms with van der Waals surface area (Å²) in [6.07, 6.45) is -3.83. The maximum Gasteiger partial charge on any atom is 0.417 e. The van der Waals surface area contributed by atoms with Crippen LogP contribution in [0.4, 0.5) is 13.2 Å². The summed E-state index contributed by atoms with van der Waals surface area (Å²) in [6.45, 7) is 3.80. The minimum absolute atomic E-state index is 0.0137. The number of nitrogens with zero attached hydrogens (tertiary/aromatic N) is 2. The van der Waals surface area contributed by atoms with Crippen molar-refractivity contribution in [1.82, 2.24) is 9.55 Å². The molecule has 0 saturated heterocycles. The van der Waals surface area contributed by atoms with E-state index in [-0.39, 0.29) is 23.1 Å². The van der Waals surface area contributed by atoms with Crippen LogP contribution in [0.5, 0.6) is 5.75 Å². The molecule has 0 fully saturated rings. The molecule has 164 valence electrons. The van der Waals surface area contributed by atoms with Crippen molar-refractivity contribution in [2.75, 3.05) is 0 Å². The van der Waals surface area contributed by atoms with Crippen LogP contribution < -0.4 is 4.74 Å². The van der Waals surface area contributed by atoms with Crippen molar-refractivity contribution in [3.63, 3.8) is 0 Å². The summed E-state index contributed by atoms with van der Waals surface area (Å²) in [5.41, 5.74) is 0.583. The second kappa shape index (κ2) is 8.03. The molecular weight excluding hydrogens is 421 g/mol. The number of aromatic nitrogens is 2. The number of carbonyl (C=O) groups is 1. The van der Waals surface area contributed by atoms with Gasteiger partial charge in [-0.25, -0.2) is 4.79 Å². The first-order valence-electron chi connectivity index (χ1n) is 9.84. The maximum absolute atomic E-state index is 13.0. The lowest BCUT2D eigenvalue weighted by Gasteiger charge is -2.12. The van der Waals surface area contributed by atoms with Gasteiger partial charge in [-0.2, -0.15) is 13.2 Å². The van der Waals surface area contributed by atoms with Gasteiger partial charge in [-0.3, -0.25) is 4.98 Å². The molecule has 8 heteroatoms. The van der Waals surface area contributed by atoms with Crippen molar-refractivity contribution >= 4 is 16.9 Å². The summed E-state index contributed by atoms with van der Waals surface area (Å²) in [5, 5.41) is 10.6. The Balaban J connectivity index is 1.94. The van der Waals surface area contributed by atoms with Crippen LogP contribution in [0.2, 0.25) is 0 Å². The molecule has 0 atom stereocenters. The van der Waals surface area contributed by atoms with Gasteiger partial charge in [0.1, 0.15) is 11.4 Å². The van der Waals surface area contributed by atoms with Gasteiger partial charge in [0.05, 0.1) is 22.9 Å². The maximum atomic E-state index is 13.0. The molecular formula is C24H19F3N2O3. The number of para-hydroxylation sites is 1. The Hall–Kier alpha value is -3.81. The molecule has 0 radical (unpaired) electrons. The fraction of sp³-hybridized carbons (Fsp3) is 0.167.